The van der Waals surface area contributed by atoms with Crippen molar-refractivity contribution in [3.05, 3.63) is 47.5 Å². The summed E-state index contributed by atoms with van der Waals surface area (Å²) in [7, 11) is 0. The number of hydrogen-bond acceptors (Lipinski definition) is 4. The lowest BCUT2D eigenvalue weighted by Crippen LogP contribution is -2.00. The zero-order valence-electron chi connectivity index (χ0n) is 9.22. The Morgan fingerprint density at radius 2 is 1.18 bits per heavy atom. The van der Waals surface area contributed by atoms with Gasteiger partial charge in [0.1, 0.15) is 0 Å². The van der Waals surface area contributed by atoms with Crippen molar-refractivity contribution in [2.75, 3.05) is 11.5 Å². The summed E-state index contributed by atoms with van der Waals surface area (Å²) in [5.74, 6) is 0. The molecule has 0 aliphatic carbocycles. The van der Waals surface area contributed by atoms with Gasteiger partial charge in [0.2, 0.25) is 0 Å². The van der Waals surface area contributed by atoms with Crippen molar-refractivity contribution in [2.45, 2.75) is 16.2 Å². The zero-order chi connectivity index (χ0) is 12.4. The molecule has 2 nitrogen and oxygen atoms in total. The monoisotopic (exact) mass is 262 g/mol. The largest absolute Gasteiger partial charge is 0.398 e. The quantitative estimate of drug-likeness (QED) is 0.497. The number of para-hydroxylation sites is 2. The SMILES string of the molecule is Nc1c(S)cccc1Cc1cccc(S)c1N. The van der Waals surface area contributed by atoms with Crippen LogP contribution in [0.15, 0.2) is 46.2 Å². The summed E-state index contributed by atoms with van der Waals surface area (Å²) in [5, 5.41) is 0. The molecule has 88 valence electrons. The fourth-order valence-corrected chi connectivity index (χ4v) is 2.17. The maximum atomic E-state index is 5.98. The second-order valence-electron chi connectivity index (χ2n) is 3.88. The van der Waals surface area contributed by atoms with Gasteiger partial charge in [-0.25, -0.2) is 0 Å². The molecule has 4 N–H and O–H groups in total. The van der Waals surface area contributed by atoms with Crippen LogP contribution in [0, 0.1) is 0 Å². The fraction of sp³-hybridized carbons (Fsp3) is 0.0769. The van der Waals surface area contributed by atoms with Gasteiger partial charge in [-0.1, -0.05) is 24.3 Å². The van der Waals surface area contributed by atoms with E-state index in [1.165, 1.54) is 0 Å². The summed E-state index contributed by atoms with van der Waals surface area (Å²) < 4.78 is 0. The minimum atomic E-state index is 0.695. The van der Waals surface area contributed by atoms with Gasteiger partial charge < -0.3 is 11.5 Å². The average molecular weight is 262 g/mol. The third kappa shape index (κ3) is 2.53. The number of benzene rings is 2. The number of nitrogens with two attached hydrogens (primary N) is 2. The van der Waals surface area contributed by atoms with Crippen molar-refractivity contribution in [2.24, 2.45) is 0 Å². The highest BCUT2D eigenvalue weighted by Gasteiger charge is 2.07. The Hall–Kier alpha value is -1.26. The van der Waals surface area contributed by atoms with E-state index in [1.54, 1.807) is 0 Å². The van der Waals surface area contributed by atoms with Crippen LogP contribution in [0.4, 0.5) is 11.4 Å². The third-order valence-electron chi connectivity index (χ3n) is 2.73. The van der Waals surface area contributed by atoms with E-state index in [0.29, 0.717) is 17.8 Å². The van der Waals surface area contributed by atoms with E-state index >= 15 is 0 Å². The maximum absolute atomic E-state index is 5.98. The molecule has 17 heavy (non-hydrogen) atoms. The van der Waals surface area contributed by atoms with Gasteiger partial charge >= 0.3 is 0 Å². The summed E-state index contributed by atoms with van der Waals surface area (Å²) in [5.41, 5.74) is 15.4. The Balaban J connectivity index is 2.38. The molecule has 2 aromatic rings. The molecule has 2 aromatic carbocycles. The molecule has 0 fully saturated rings. The average Bonchev–Trinajstić information content (AvgIpc) is 2.31. The van der Waals surface area contributed by atoms with Gasteiger partial charge in [-0.05, 0) is 23.3 Å². The molecule has 0 heterocycles. The number of nitrogen functional groups attached to an aromatic ring is 2. The van der Waals surface area contributed by atoms with E-state index in [4.69, 9.17) is 11.5 Å². The number of rotatable bonds is 2. The third-order valence-corrected chi connectivity index (χ3v) is 3.51. The van der Waals surface area contributed by atoms with Gasteiger partial charge in [0.15, 0.2) is 0 Å². The van der Waals surface area contributed by atoms with Crippen molar-refractivity contribution < 1.29 is 0 Å². The highest BCUT2D eigenvalue weighted by molar-refractivity contribution is 7.80. The maximum Gasteiger partial charge on any atom is 0.0485 e. The van der Waals surface area contributed by atoms with Gasteiger partial charge in [-0.15, -0.1) is 25.3 Å². The molecule has 0 unspecified atom stereocenters. The number of hydrogen-bond donors (Lipinski definition) is 4. The molecule has 4 heteroatoms. The summed E-state index contributed by atoms with van der Waals surface area (Å²) in [6.07, 6.45) is 0.695. The van der Waals surface area contributed by atoms with E-state index in [2.05, 4.69) is 25.3 Å². The normalized spacial score (nSPS) is 10.5. The molecule has 0 bridgehead atoms. The predicted octanol–water partition coefficient (Wildman–Crippen LogP) is 3.02. The lowest BCUT2D eigenvalue weighted by Gasteiger charge is -2.10. The second-order valence-corrected chi connectivity index (χ2v) is 4.84. The number of thiol groups is 2. The first-order valence-electron chi connectivity index (χ1n) is 5.22. The summed E-state index contributed by atoms with van der Waals surface area (Å²) in [6.45, 7) is 0. The summed E-state index contributed by atoms with van der Waals surface area (Å²) >= 11 is 8.62. The summed E-state index contributed by atoms with van der Waals surface area (Å²) in [4.78, 5) is 1.59. The minimum absolute atomic E-state index is 0.695. The highest BCUT2D eigenvalue weighted by Crippen LogP contribution is 2.27. The molecule has 0 amide bonds. The van der Waals surface area contributed by atoms with Gasteiger partial charge in [0.05, 0.1) is 0 Å². The molecule has 0 aromatic heterocycles. The van der Waals surface area contributed by atoms with E-state index < -0.39 is 0 Å². The molecule has 0 aliphatic rings. The van der Waals surface area contributed by atoms with Crippen LogP contribution >= 0.6 is 25.3 Å². The Kier molecular flexibility index (Phi) is 3.54. The van der Waals surface area contributed by atoms with Crippen LogP contribution in [-0.4, -0.2) is 0 Å². The van der Waals surface area contributed by atoms with Crippen molar-refractivity contribution in [3.63, 3.8) is 0 Å². The van der Waals surface area contributed by atoms with Crippen LogP contribution in [0.25, 0.3) is 0 Å². The molecule has 0 atom stereocenters. The van der Waals surface area contributed by atoms with E-state index in [-0.39, 0.29) is 0 Å². The molecular weight excluding hydrogens is 248 g/mol. The van der Waals surface area contributed by atoms with Gasteiger partial charge in [0, 0.05) is 27.6 Å². The number of anilines is 2. The van der Waals surface area contributed by atoms with Gasteiger partial charge in [-0.2, -0.15) is 0 Å². The second kappa shape index (κ2) is 4.94. The zero-order valence-corrected chi connectivity index (χ0v) is 11.0. The first kappa shape index (κ1) is 12.2. The lowest BCUT2D eigenvalue weighted by atomic mass is 10.0. The Morgan fingerprint density at radius 1 is 0.765 bits per heavy atom. The van der Waals surface area contributed by atoms with E-state index in [9.17, 15) is 0 Å². The van der Waals surface area contributed by atoms with Gasteiger partial charge in [0.25, 0.3) is 0 Å². The lowest BCUT2D eigenvalue weighted by molar-refractivity contribution is 1.17. The van der Waals surface area contributed by atoms with Crippen molar-refractivity contribution >= 4 is 36.6 Å². The van der Waals surface area contributed by atoms with Crippen LogP contribution in [-0.2, 0) is 6.42 Å². The Morgan fingerprint density at radius 3 is 1.59 bits per heavy atom. The Bertz CT molecular complexity index is 504. The standard InChI is InChI=1S/C13H14N2S2/c14-12-8(3-1-5-10(12)16)7-9-4-2-6-11(17)13(9)15/h1-6,16-17H,7,14-15H2. The van der Waals surface area contributed by atoms with Crippen LogP contribution in [0.3, 0.4) is 0 Å². The van der Waals surface area contributed by atoms with Crippen LogP contribution in [0.1, 0.15) is 11.1 Å². The van der Waals surface area contributed by atoms with Crippen LogP contribution in [0.5, 0.6) is 0 Å². The van der Waals surface area contributed by atoms with Crippen molar-refractivity contribution in [1.82, 2.24) is 0 Å². The first-order valence-corrected chi connectivity index (χ1v) is 6.11. The summed E-state index contributed by atoms with van der Waals surface area (Å²) in [6, 6.07) is 11.6. The molecule has 0 spiro atoms. The molecule has 2 rings (SSSR count). The smallest absolute Gasteiger partial charge is 0.0485 e. The Labute approximate surface area is 112 Å². The van der Waals surface area contributed by atoms with Crippen molar-refractivity contribution in [1.29, 1.82) is 0 Å². The minimum Gasteiger partial charge on any atom is -0.398 e. The van der Waals surface area contributed by atoms with E-state index in [0.717, 1.165) is 20.9 Å². The topological polar surface area (TPSA) is 52.0 Å². The molecule has 0 radical (unpaired) electrons. The molecular formula is C13H14N2S2. The first-order chi connectivity index (χ1) is 8.09. The molecule has 0 saturated carbocycles. The van der Waals surface area contributed by atoms with Crippen molar-refractivity contribution in [3.8, 4) is 0 Å². The van der Waals surface area contributed by atoms with Gasteiger partial charge in [-0.3, -0.25) is 0 Å². The van der Waals surface area contributed by atoms with Crippen LogP contribution < -0.4 is 11.5 Å². The predicted molar refractivity (Wildman–Crippen MR) is 79.0 cm³/mol. The molecule has 0 aliphatic heterocycles. The molecule has 0 saturated heterocycles. The fourth-order valence-electron chi connectivity index (χ4n) is 1.71. The van der Waals surface area contributed by atoms with Crippen LogP contribution in [0.2, 0.25) is 0 Å². The van der Waals surface area contributed by atoms with E-state index in [1.807, 2.05) is 36.4 Å². The highest BCUT2D eigenvalue weighted by atomic mass is 32.1.